The van der Waals surface area contributed by atoms with Crippen molar-refractivity contribution in [3.63, 3.8) is 0 Å². The lowest BCUT2D eigenvalue weighted by Crippen LogP contribution is -2.13. The van der Waals surface area contributed by atoms with Crippen molar-refractivity contribution in [2.24, 2.45) is 0 Å². The highest BCUT2D eigenvalue weighted by atomic mass is 35.5. The second-order valence-corrected chi connectivity index (χ2v) is 4.21. The van der Waals surface area contributed by atoms with E-state index in [4.69, 9.17) is 27.9 Å². The van der Waals surface area contributed by atoms with E-state index in [0.29, 0.717) is 11.4 Å². The molecule has 0 spiro atoms. The average molecular weight is 288 g/mol. The Bertz CT molecular complexity index is 395. The number of ether oxygens (including phenoxy) is 1. The van der Waals surface area contributed by atoms with Gasteiger partial charge in [0, 0.05) is 0 Å². The molecule has 1 aromatic rings. The highest BCUT2D eigenvalue weighted by Crippen LogP contribution is 2.36. The third-order valence-electron chi connectivity index (χ3n) is 2.00. The highest BCUT2D eigenvalue weighted by Gasteiger charge is 2.27. The molecule has 0 aromatic carbocycles. The van der Waals surface area contributed by atoms with Gasteiger partial charge in [0.1, 0.15) is 10.0 Å². The molecule has 1 aromatic heterocycles. The molecule has 0 radical (unpaired) electrons. The summed E-state index contributed by atoms with van der Waals surface area (Å²) in [6.07, 6.45) is -5.32. The number of aromatic nitrogens is 1. The van der Waals surface area contributed by atoms with Gasteiger partial charge in [0.25, 0.3) is 0 Å². The molecule has 2 nitrogen and oxygen atoms in total. The molecule has 1 rings (SSSR count). The molecule has 0 saturated heterocycles. The lowest BCUT2D eigenvalue weighted by molar-refractivity contribution is -0.139. The molecule has 0 unspecified atom stereocenters. The van der Waals surface area contributed by atoms with Gasteiger partial charge in [-0.2, -0.15) is 13.2 Å². The fourth-order valence-electron chi connectivity index (χ4n) is 1.17. The van der Waals surface area contributed by atoms with Gasteiger partial charge in [-0.1, -0.05) is 23.2 Å². The minimum absolute atomic E-state index is 0.0579. The summed E-state index contributed by atoms with van der Waals surface area (Å²) in [6, 6.07) is 0. The van der Waals surface area contributed by atoms with E-state index in [1.807, 2.05) is 0 Å². The van der Waals surface area contributed by atoms with Crippen molar-refractivity contribution >= 4 is 23.2 Å². The van der Waals surface area contributed by atoms with E-state index in [0.717, 1.165) is 0 Å². The van der Waals surface area contributed by atoms with Crippen LogP contribution in [0.1, 0.15) is 17.8 Å². The van der Waals surface area contributed by atoms with Gasteiger partial charge in [0.15, 0.2) is 5.75 Å². The minimum atomic E-state index is -4.27. The van der Waals surface area contributed by atoms with Crippen LogP contribution >= 0.6 is 23.2 Å². The zero-order chi connectivity index (χ0) is 13.2. The van der Waals surface area contributed by atoms with Crippen LogP contribution in [0.4, 0.5) is 13.2 Å². The molecular formula is C10H10Cl2F3NO. The van der Waals surface area contributed by atoms with E-state index in [1.54, 1.807) is 13.8 Å². The summed E-state index contributed by atoms with van der Waals surface area (Å²) in [6.45, 7) is 2.73. The average Bonchev–Trinajstić information content (AvgIpc) is 2.19. The van der Waals surface area contributed by atoms with E-state index in [2.05, 4.69) is 4.98 Å². The maximum Gasteiger partial charge on any atom is 0.392 e. The summed E-state index contributed by atoms with van der Waals surface area (Å²) in [5.41, 5.74) is 0.936. The summed E-state index contributed by atoms with van der Waals surface area (Å²) in [5.74, 6) is 0.0579. The lowest BCUT2D eigenvalue weighted by atomic mass is 10.3. The van der Waals surface area contributed by atoms with Crippen molar-refractivity contribution in [2.45, 2.75) is 26.4 Å². The SMILES string of the molecule is Cc1nc(C)c(Cl)c(OCCC(F)(F)F)c1Cl. The third kappa shape index (κ3) is 3.92. The predicted octanol–water partition coefficient (Wildman–Crippen LogP) is 4.34. The van der Waals surface area contributed by atoms with Crippen LogP contribution in [-0.2, 0) is 0 Å². The molecule has 0 fully saturated rings. The number of hydrogen-bond donors (Lipinski definition) is 0. The number of rotatable bonds is 3. The highest BCUT2D eigenvalue weighted by molar-refractivity contribution is 6.37. The minimum Gasteiger partial charge on any atom is -0.490 e. The first-order valence-corrected chi connectivity index (χ1v) is 5.49. The molecule has 96 valence electrons. The molecular weight excluding hydrogens is 278 g/mol. The first-order valence-electron chi connectivity index (χ1n) is 4.74. The van der Waals surface area contributed by atoms with Crippen LogP contribution in [0.5, 0.6) is 5.75 Å². The van der Waals surface area contributed by atoms with Crippen LogP contribution in [0.3, 0.4) is 0 Å². The summed E-state index contributed by atoms with van der Waals surface area (Å²) in [7, 11) is 0. The van der Waals surface area contributed by atoms with E-state index in [1.165, 1.54) is 0 Å². The van der Waals surface area contributed by atoms with Gasteiger partial charge >= 0.3 is 6.18 Å². The molecule has 0 N–H and O–H groups in total. The number of halogens is 5. The summed E-state index contributed by atoms with van der Waals surface area (Å²) < 4.78 is 40.9. The number of hydrogen-bond acceptors (Lipinski definition) is 2. The van der Waals surface area contributed by atoms with Crippen molar-refractivity contribution in [2.75, 3.05) is 6.61 Å². The van der Waals surface area contributed by atoms with Gasteiger partial charge in [-0.3, -0.25) is 4.98 Å². The Hall–Kier alpha value is -0.680. The predicted molar refractivity (Wildman–Crippen MR) is 59.9 cm³/mol. The van der Waals surface area contributed by atoms with Crippen molar-refractivity contribution in [3.8, 4) is 5.75 Å². The Morgan fingerprint density at radius 3 is 2.00 bits per heavy atom. The summed E-state index contributed by atoms with van der Waals surface area (Å²) in [4.78, 5) is 4.02. The first-order chi connectivity index (χ1) is 7.72. The third-order valence-corrected chi connectivity index (χ3v) is 2.89. The van der Waals surface area contributed by atoms with E-state index in [9.17, 15) is 13.2 Å². The Labute approximate surface area is 107 Å². The molecule has 7 heteroatoms. The smallest absolute Gasteiger partial charge is 0.392 e. The zero-order valence-electron chi connectivity index (χ0n) is 9.16. The Morgan fingerprint density at radius 1 is 1.12 bits per heavy atom. The van der Waals surface area contributed by atoms with Crippen molar-refractivity contribution in [1.82, 2.24) is 4.98 Å². The van der Waals surface area contributed by atoms with Gasteiger partial charge in [0.2, 0.25) is 0 Å². The van der Waals surface area contributed by atoms with Gasteiger partial charge < -0.3 is 4.74 Å². The topological polar surface area (TPSA) is 22.1 Å². The van der Waals surface area contributed by atoms with Gasteiger partial charge in [-0.05, 0) is 13.8 Å². The Morgan fingerprint density at radius 2 is 1.59 bits per heavy atom. The van der Waals surface area contributed by atoms with E-state index >= 15 is 0 Å². The lowest BCUT2D eigenvalue weighted by Gasteiger charge is -2.13. The normalized spacial score (nSPS) is 11.7. The molecule has 0 amide bonds. The Balaban J connectivity index is 2.84. The van der Waals surface area contributed by atoms with Crippen molar-refractivity contribution in [1.29, 1.82) is 0 Å². The molecule has 0 bridgehead atoms. The second-order valence-electron chi connectivity index (χ2n) is 3.45. The van der Waals surface area contributed by atoms with Gasteiger partial charge in [-0.25, -0.2) is 0 Å². The molecule has 1 heterocycles. The molecule has 0 aliphatic heterocycles. The first kappa shape index (κ1) is 14.4. The molecule has 0 aliphatic carbocycles. The van der Waals surface area contributed by atoms with Crippen LogP contribution in [0.2, 0.25) is 10.0 Å². The van der Waals surface area contributed by atoms with Crippen LogP contribution in [0.25, 0.3) is 0 Å². The van der Waals surface area contributed by atoms with Crippen molar-refractivity contribution < 1.29 is 17.9 Å². The molecule has 17 heavy (non-hydrogen) atoms. The number of alkyl halides is 3. The second kappa shape index (κ2) is 5.31. The summed E-state index contributed by atoms with van der Waals surface area (Å²) >= 11 is 11.7. The quantitative estimate of drug-likeness (QED) is 0.825. The van der Waals surface area contributed by atoms with Gasteiger partial charge in [-0.15, -0.1) is 0 Å². The summed E-state index contributed by atoms with van der Waals surface area (Å²) in [5, 5.41) is 0.283. The van der Waals surface area contributed by atoms with E-state index < -0.39 is 19.2 Å². The number of pyridine rings is 1. The molecule has 0 atom stereocenters. The molecule has 0 saturated carbocycles. The van der Waals surface area contributed by atoms with Crippen LogP contribution in [0.15, 0.2) is 0 Å². The molecule has 0 aliphatic rings. The standard InChI is InChI=1S/C10H10Cl2F3NO/c1-5-7(11)9(8(12)6(2)16-5)17-4-3-10(13,14)15/h3-4H2,1-2H3. The maximum absolute atomic E-state index is 12.0. The fourth-order valence-corrected chi connectivity index (χ4v) is 1.60. The monoisotopic (exact) mass is 287 g/mol. The van der Waals surface area contributed by atoms with Crippen LogP contribution in [-0.4, -0.2) is 17.8 Å². The zero-order valence-corrected chi connectivity index (χ0v) is 10.7. The number of nitrogens with zero attached hydrogens (tertiary/aromatic N) is 1. The maximum atomic E-state index is 12.0. The fraction of sp³-hybridized carbons (Fsp3) is 0.500. The van der Waals surface area contributed by atoms with Crippen molar-refractivity contribution in [3.05, 3.63) is 21.4 Å². The largest absolute Gasteiger partial charge is 0.490 e. The van der Waals surface area contributed by atoms with Gasteiger partial charge in [0.05, 0.1) is 24.4 Å². The number of aryl methyl sites for hydroxylation is 2. The van der Waals surface area contributed by atoms with Crippen LogP contribution in [0, 0.1) is 13.8 Å². The Kier molecular flexibility index (Phi) is 4.49. The van der Waals surface area contributed by atoms with Crippen LogP contribution < -0.4 is 4.74 Å². The van der Waals surface area contributed by atoms with E-state index in [-0.39, 0.29) is 15.8 Å².